The summed E-state index contributed by atoms with van der Waals surface area (Å²) in [5.74, 6) is 1.86. The summed E-state index contributed by atoms with van der Waals surface area (Å²) in [5, 5.41) is 5.80. The van der Waals surface area contributed by atoms with Crippen molar-refractivity contribution >= 4 is 11.3 Å². The molecule has 1 aromatic heterocycles. The van der Waals surface area contributed by atoms with Crippen LogP contribution in [0.4, 0.5) is 0 Å². The van der Waals surface area contributed by atoms with Crippen LogP contribution in [0.2, 0.25) is 0 Å². The van der Waals surface area contributed by atoms with Crippen molar-refractivity contribution in [3.05, 3.63) is 22.4 Å². The maximum Gasteiger partial charge on any atom is 0.00578 e. The zero-order valence-electron chi connectivity index (χ0n) is 10.2. The summed E-state index contributed by atoms with van der Waals surface area (Å²) in [4.78, 5) is 1.50. The monoisotopic (exact) mass is 237 g/mol. The molecule has 0 spiro atoms. The van der Waals surface area contributed by atoms with Crippen LogP contribution in [0.1, 0.15) is 37.5 Å². The van der Waals surface area contributed by atoms with Gasteiger partial charge in [-0.05, 0) is 49.2 Å². The Morgan fingerprint density at radius 1 is 1.38 bits per heavy atom. The largest absolute Gasteiger partial charge is 0.316 e. The van der Waals surface area contributed by atoms with Gasteiger partial charge in [-0.1, -0.05) is 32.3 Å². The third-order valence-electron chi connectivity index (χ3n) is 3.82. The van der Waals surface area contributed by atoms with Gasteiger partial charge in [-0.2, -0.15) is 0 Å². The molecule has 1 aliphatic carbocycles. The average molecular weight is 237 g/mol. The molecule has 0 aromatic carbocycles. The molecule has 1 saturated carbocycles. The number of rotatable bonds is 5. The van der Waals surface area contributed by atoms with Crippen molar-refractivity contribution in [1.82, 2.24) is 5.32 Å². The zero-order valence-corrected chi connectivity index (χ0v) is 11.1. The van der Waals surface area contributed by atoms with E-state index in [1.165, 1.54) is 43.5 Å². The minimum absolute atomic E-state index is 0.928. The van der Waals surface area contributed by atoms with Crippen LogP contribution in [0.25, 0.3) is 0 Å². The SMILES string of the molecule is CC1CCCCC1CNCCc1cccs1. The first kappa shape index (κ1) is 12.1. The van der Waals surface area contributed by atoms with Gasteiger partial charge in [0.1, 0.15) is 0 Å². The van der Waals surface area contributed by atoms with Gasteiger partial charge in [-0.15, -0.1) is 11.3 Å². The molecule has 1 heterocycles. The van der Waals surface area contributed by atoms with Crippen molar-refractivity contribution in [2.45, 2.75) is 39.0 Å². The van der Waals surface area contributed by atoms with E-state index in [0.717, 1.165) is 18.4 Å². The van der Waals surface area contributed by atoms with Crippen molar-refractivity contribution in [1.29, 1.82) is 0 Å². The molecular formula is C14H23NS. The molecule has 0 amide bonds. The summed E-state index contributed by atoms with van der Waals surface area (Å²) in [5.41, 5.74) is 0. The Balaban J connectivity index is 1.60. The van der Waals surface area contributed by atoms with Gasteiger partial charge in [0.15, 0.2) is 0 Å². The predicted octanol–water partition coefficient (Wildman–Crippen LogP) is 3.71. The standard InChI is InChI=1S/C14H23NS/c1-12-5-2-3-6-13(12)11-15-9-8-14-7-4-10-16-14/h4,7,10,12-13,15H,2-3,5-6,8-9,11H2,1H3. The van der Waals surface area contributed by atoms with Crippen LogP contribution >= 0.6 is 11.3 Å². The molecule has 2 unspecified atom stereocenters. The highest BCUT2D eigenvalue weighted by Gasteiger charge is 2.20. The predicted molar refractivity (Wildman–Crippen MR) is 72.0 cm³/mol. The molecule has 16 heavy (non-hydrogen) atoms. The second-order valence-electron chi connectivity index (χ2n) is 5.06. The zero-order chi connectivity index (χ0) is 11.2. The van der Waals surface area contributed by atoms with Gasteiger partial charge in [-0.3, -0.25) is 0 Å². The van der Waals surface area contributed by atoms with Crippen LogP contribution in [0.3, 0.4) is 0 Å². The molecule has 2 heteroatoms. The fraction of sp³-hybridized carbons (Fsp3) is 0.714. The fourth-order valence-electron chi connectivity index (χ4n) is 2.65. The fourth-order valence-corrected chi connectivity index (χ4v) is 3.36. The van der Waals surface area contributed by atoms with Crippen LogP contribution in [0.5, 0.6) is 0 Å². The maximum atomic E-state index is 3.63. The molecule has 1 nitrogen and oxygen atoms in total. The lowest BCUT2D eigenvalue weighted by atomic mass is 9.80. The molecule has 2 rings (SSSR count). The Morgan fingerprint density at radius 2 is 2.25 bits per heavy atom. The normalized spacial score (nSPS) is 25.8. The Labute approximate surface area is 103 Å². The first-order valence-corrected chi connectivity index (χ1v) is 7.47. The Hall–Kier alpha value is -0.340. The molecule has 0 bridgehead atoms. The first-order valence-electron chi connectivity index (χ1n) is 6.59. The summed E-state index contributed by atoms with van der Waals surface area (Å²) >= 11 is 1.87. The van der Waals surface area contributed by atoms with E-state index in [1.54, 1.807) is 0 Å². The number of nitrogens with one attached hydrogen (secondary N) is 1. The van der Waals surface area contributed by atoms with Gasteiger partial charge in [0.05, 0.1) is 0 Å². The van der Waals surface area contributed by atoms with E-state index in [4.69, 9.17) is 0 Å². The lowest BCUT2D eigenvalue weighted by Crippen LogP contribution is -2.30. The van der Waals surface area contributed by atoms with Gasteiger partial charge in [0, 0.05) is 4.88 Å². The van der Waals surface area contributed by atoms with E-state index in [9.17, 15) is 0 Å². The summed E-state index contributed by atoms with van der Waals surface area (Å²) in [6, 6.07) is 4.37. The number of hydrogen-bond donors (Lipinski definition) is 1. The molecule has 1 aliphatic rings. The van der Waals surface area contributed by atoms with Crippen LogP contribution in [-0.4, -0.2) is 13.1 Å². The number of hydrogen-bond acceptors (Lipinski definition) is 2. The van der Waals surface area contributed by atoms with Gasteiger partial charge in [0.2, 0.25) is 0 Å². The molecular weight excluding hydrogens is 214 g/mol. The minimum Gasteiger partial charge on any atom is -0.316 e. The van der Waals surface area contributed by atoms with E-state index in [1.807, 2.05) is 11.3 Å². The molecule has 0 radical (unpaired) electrons. The lowest BCUT2D eigenvalue weighted by Gasteiger charge is -2.28. The smallest absolute Gasteiger partial charge is 0.00578 e. The third kappa shape index (κ3) is 3.60. The molecule has 0 saturated heterocycles. The van der Waals surface area contributed by atoms with E-state index >= 15 is 0 Å². The quantitative estimate of drug-likeness (QED) is 0.770. The summed E-state index contributed by atoms with van der Waals surface area (Å²) < 4.78 is 0. The second-order valence-corrected chi connectivity index (χ2v) is 6.09. The topological polar surface area (TPSA) is 12.0 Å². The third-order valence-corrected chi connectivity index (χ3v) is 4.76. The van der Waals surface area contributed by atoms with Gasteiger partial charge < -0.3 is 5.32 Å². The van der Waals surface area contributed by atoms with Crippen molar-refractivity contribution in [2.75, 3.05) is 13.1 Å². The van der Waals surface area contributed by atoms with Crippen LogP contribution in [-0.2, 0) is 6.42 Å². The van der Waals surface area contributed by atoms with Crippen molar-refractivity contribution in [2.24, 2.45) is 11.8 Å². The average Bonchev–Trinajstić information content (AvgIpc) is 2.79. The first-order chi connectivity index (χ1) is 7.86. The Morgan fingerprint density at radius 3 is 3.00 bits per heavy atom. The molecule has 1 fully saturated rings. The van der Waals surface area contributed by atoms with Crippen molar-refractivity contribution in [3.63, 3.8) is 0 Å². The van der Waals surface area contributed by atoms with Crippen LogP contribution < -0.4 is 5.32 Å². The van der Waals surface area contributed by atoms with Gasteiger partial charge in [0.25, 0.3) is 0 Å². The highest BCUT2D eigenvalue weighted by molar-refractivity contribution is 7.09. The van der Waals surface area contributed by atoms with E-state index in [2.05, 4.69) is 29.8 Å². The molecule has 0 aliphatic heterocycles. The van der Waals surface area contributed by atoms with E-state index < -0.39 is 0 Å². The second kappa shape index (κ2) is 6.41. The Kier molecular flexibility index (Phi) is 4.86. The highest BCUT2D eigenvalue weighted by Crippen LogP contribution is 2.28. The lowest BCUT2D eigenvalue weighted by molar-refractivity contribution is 0.248. The summed E-state index contributed by atoms with van der Waals surface area (Å²) in [7, 11) is 0. The summed E-state index contributed by atoms with van der Waals surface area (Å²) in [6.45, 7) is 4.79. The molecule has 1 N–H and O–H groups in total. The molecule has 2 atom stereocenters. The molecule has 1 aromatic rings. The maximum absolute atomic E-state index is 3.63. The van der Waals surface area contributed by atoms with Crippen LogP contribution in [0.15, 0.2) is 17.5 Å². The highest BCUT2D eigenvalue weighted by atomic mass is 32.1. The van der Waals surface area contributed by atoms with Gasteiger partial charge in [-0.25, -0.2) is 0 Å². The Bertz CT molecular complexity index is 281. The summed E-state index contributed by atoms with van der Waals surface area (Å²) in [6.07, 6.45) is 6.97. The van der Waals surface area contributed by atoms with Crippen LogP contribution in [0, 0.1) is 11.8 Å². The van der Waals surface area contributed by atoms with Gasteiger partial charge >= 0.3 is 0 Å². The van der Waals surface area contributed by atoms with E-state index in [0.29, 0.717) is 0 Å². The van der Waals surface area contributed by atoms with Crippen molar-refractivity contribution in [3.8, 4) is 0 Å². The van der Waals surface area contributed by atoms with E-state index in [-0.39, 0.29) is 0 Å². The molecule has 90 valence electrons. The van der Waals surface area contributed by atoms with Crippen molar-refractivity contribution < 1.29 is 0 Å². The number of thiophene rings is 1. The minimum atomic E-state index is 0.928.